The van der Waals surface area contributed by atoms with Crippen molar-refractivity contribution in [3.8, 4) is 0 Å². The van der Waals surface area contributed by atoms with Crippen molar-refractivity contribution in [1.82, 2.24) is 0 Å². The standard InChI is InChI=1S/C10H8O6S2.Li.H/c11-17(12,13)9-3-1-7-2-4-10(18(14,15)16)6-8(7)5-9;;/h1-6H,(H,11,12,13)(H,14,15,16);;/q;+1;-1. The van der Waals surface area contributed by atoms with Gasteiger partial charge in [-0.15, -0.1) is 0 Å². The van der Waals surface area contributed by atoms with Crippen LogP contribution < -0.4 is 18.9 Å². The quantitative estimate of drug-likeness (QED) is 0.513. The van der Waals surface area contributed by atoms with E-state index >= 15 is 0 Å². The van der Waals surface area contributed by atoms with Gasteiger partial charge in [0.2, 0.25) is 0 Å². The molecule has 19 heavy (non-hydrogen) atoms. The van der Waals surface area contributed by atoms with E-state index in [-0.39, 0.29) is 35.5 Å². The summed E-state index contributed by atoms with van der Waals surface area (Å²) >= 11 is 0. The van der Waals surface area contributed by atoms with Crippen LogP contribution in [-0.4, -0.2) is 25.9 Å². The number of rotatable bonds is 2. The first kappa shape index (κ1) is 16.2. The van der Waals surface area contributed by atoms with Crippen LogP contribution in [-0.2, 0) is 20.2 Å². The van der Waals surface area contributed by atoms with E-state index < -0.39 is 20.2 Å². The first-order valence-corrected chi connectivity index (χ1v) is 7.55. The molecule has 0 saturated carbocycles. The van der Waals surface area contributed by atoms with Gasteiger partial charge >= 0.3 is 18.9 Å². The largest absolute Gasteiger partial charge is 1.00 e. The van der Waals surface area contributed by atoms with Crippen molar-refractivity contribution in [2.24, 2.45) is 0 Å². The van der Waals surface area contributed by atoms with Crippen molar-refractivity contribution in [1.29, 1.82) is 0 Å². The van der Waals surface area contributed by atoms with Gasteiger partial charge < -0.3 is 1.43 Å². The molecule has 2 aromatic carbocycles. The average molecular weight is 296 g/mol. The van der Waals surface area contributed by atoms with Crippen LogP contribution in [0.15, 0.2) is 46.2 Å². The molecule has 0 saturated heterocycles. The third kappa shape index (κ3) is 3.57. The Morgan fingerprint density at radius 1 is 0.737 bits per heavy atom. The predicted octanol–water partition coefficient (Wildman–Crippen LogP) is -1.55. The van der Waals surface area contributed by atoms with Crippen molar-refractivity contribution in [3.05, 3.63) is 36.4 Å². The molecule has 2 rings (SSSR count). The van der Waals surface area contributed by atoms with Crippen molar-refractivity contribution in [2.45, 2.75) is 9.79 Å². The Kier molecular flexibility index (Phi) is 4.46. The summed E-state index contributed by atoms with van der Waals surface area (Å²) in [5.41, 5.74) is 0. The normalized spacial score (nSPS) is 12.1. The molecule has 0 unspecified atom stereocenters. The van der Waals surface area contributed by atoms with Gasteiger partial charge in [0, 0.05) is 0 Å². The Morgan fingerprint density at radius 2 is 1.11 bits per heavy atom. The number of hydrogen-bond acceptors (Lipinski definition) is 4. The van der Waals surface area contributed by atoms with Crippen LogP contribution >= 0.6 is 0 Å². The van der Waals surface area contributed by atoms with Crippen molar-refractivity contribution in [3.63, 3.8) is 0 Å². The van der Waals surface area contributed by atoms with Gasteiger partial charge in [0.1, 0.15) is 0 Å². The summed E-state index contributed by atoms with van der Waals surface area (Å²) in [6.07, 6.45) is 0. The second-order valence-electron chi connectivity index (χ2n) is 3.62. The fourth-order valence-corrected chi connectivity index (χ4v) is 2.56. The van der Waals surface area contributed by atoms with Crippen molar-refractivity contribution < 1.29 is 46.2 Å². The van der Waals surface area contributed by atoms with Crippen LogP contribution in [0.3, 0.4) is 0 Å². The summed E-state index contributed by atoms with van der Waals surface area (Å²) in [5, 5.41) is 0.857. The van der Waals surface area contributed by atoms with Crippen molar-refractivity contribution in [2.75, 3.05) is 0 Å². The van der Waals surface area contributed by atoms with Crippen LogP contribution in [0.2, 0.25) is 0 Å². The first-order valence-electron chi connectivity index (χ1n) is 4.67. The zero-order valence-corrected chi connectivity index (χ0v) is 11.4. The topological polar surface area (TPSA) is 109 Å². The Hall–Kier alpha value is -0.883. The van der Waals surface area contributed by atoms with E-state index in [2.05, 4.69) is 0 Å². The maximum atomic E-state index is 10.9. The summed E-state index contributed by atoms with van der Waals surface area (Å²) in [6.45, 7) is 0. The van der Waals surface area contributed by atoms with E-state index in [1.54, 1.807) is 0 Å². The molecule has 0 radical (unpaired) electrons. The molecule has 98 valence electrons. The van der Waals surface area contributed by atoms with Gasteiger partial charge in [-0.2, -0.15) is 16.8 Å². The summed E-state index contributed by atoms with van der Waals surface area (Å²) in [4.78, 5) is -0.690. The van der Waals surface area contributed by atoms with E-state index in [0.717, 1.165) is 12.1 Å². The summed E-state index contributed by atoms with van der Waals surface area (Å²) < 4.78 is 61.5. The fraction of sp³-hybridized carbons (Fsp3) is 0. The fourth-order valence-electron chi connectivity index (χ4n) is 1.52. The second-order valence-corrected chi connectivity index (χ2v) is 6.46. The van der Waals surface area contributed by atoms with Crippen LogP contribution in [0.5, 0.6) is 0 Å². The molecule has 0 aromatic heterocycles. The minimum Gasteiger partial charge on any atom is -1.00 e. The average Bonchev–Trinajstić information content (AvgIpc) is 2.25. The molecule has 0 fully saturated rings. The van der Waals surface area contributed by atoms with Gasteiger partial charge in [0.25, 0.3) is 20.2 Å². The molecule has 2 aromatic rings. The molecular weight excluding hydrogens is 287 g/mol. The summed E-state index contributed by atoms with van der Waals surface area (Å²) in [7, 11) is -8.71. The molecule has 2 N–H and O–H groups in total. The third-order valence-electron chi connectivity index (χ3n) is 2.38. The molecule has 9 heteroatoms. The molecule has 0 aliphatic rings. The second kappa shape index (κ2) is 5.24. The van der Waals surface area contributed by atoms with Gasteiger partial charge in [-0.1, -0.05) is 12.1 Å². The van der Waals surface area contributed by atoms with Gasteiger partial charge in [0.05, 0.1) is 9.79 Å². The number of benzene rings is 2. The third-order valence-corrected chi connectivity index (χ3v) is 4.08. The molecular formula is C10H9LiO6S2. The van der Waals surface area contributed by atoms with E-state index in [1.807, 2.05) is 0 Å². The summed E-state index contributed by atoms with van der Waals surface area (Å²) in [6, 6.07) is 7.49. The van der Waals surface area contributed by atoms with E-state index in [4.69, 9.17) is 9.11 Å². The minimum atomic E-state index is -4.35. The minimum absolute atomic E-state index is 0. The van der Waals surface area contributed by atoms with E-state index in [9.17, 15) is 16.8 Å². The van der Waals surface area contributed by atoms with Gasteiger partial charge in [-0.3, -0.25) is 9.11 Å². The molecule has 0 amide bonds. The van der Waals surface area contributed by atoms with Crippen LogP contribution in [0.4, 0.5) is 0 Å². The molecule has 6 nitrogen and oxygen atoms in total. The van der Waals surface area contributed by atoms with E-state index in [1.165, 1.54) is 24.3 Å². The maximum Gasteiger partial charge on any atom is 1.00 e. The zero-order chi connectivity index (χ0) is 13.6. The zero-order valence-electron chi connectivity index (χ0n) is 10.8. The Labute approximate surface area is 123 Å². The van der Waals surface area contributed by atoms with Crippen LogP contribution in [0.25, 0.3) is 10.8 Å². The maximum absolute atomic E-state index is 10.9. The molecule has 0 spiro atoms. The molecule has 0 bridgehead atoms. The monoisotopic (exact) mass is 296 g/mol. The smallest absolute Gasteiger partial charge is 1.00 e. The summed E-state index contributed by atoms with van der Waals surface area (Å²) in [5.74, 6) is 0. The Bertz CT molecular complexity index is 765. The van der Waals surface area contributed by atoms with E-state index in [0.29, 0.717) is 5.39 Å². The van der Waals surface area contributed by atoms with Crippen LogP contribution in [0.1, 0.15) is 1.43 Å². The van der Waals surface area contributed by atoms with Crippen molar-refractivity contribution >= 4 is 31.0 Å². The molecule has 0 aliphatic heterocycles. The van der Waals surface area contributed by atoms with Crippen LogP contribution in [0, 0.1) is 0 Å². The Morgan fingerprint density at radius 3 is 1.42 bits per heavy atom. The number of hydrogen-bond donors (Lipinski definition) is 2. The number of fused-ring (bicyclic) bond motifs is 1. The van der Waals surface area contributed by atoms with Gasteiger partial charge in [0.15, 0.2) is 0 Å². The Balaban J connectivity index is 0.00000180. The van der Waals surface area contributed by atoms with Gasteiger partial charge in [-0.25, -0.2) is 0 Å². The SMILES string of the molecule is O=S(=O)(O)c1ccc2ccc(S(=O)(=O)O)cc2c1.[H-].[Li+]. The molecule has 0 aliphatic carbocycles. The first-order chi connectivity index (χ1) is 8.18. The predicted molar refractivity (Wildman–Crippen MR) is 64.7 cm³/mol. The van der Waals surface area contributed by atoms with Gasteiger partial charge in [-0.05, 0) is 35.0 Å². The molecule has 0 heterocycles. The molecule has 0 atom stereocenters.